The standard InChI is InChI=1S/C28H28N10O/c29-24-21-7-4-12-37(20-10-13-36(14-11-20)28(39)25-31-17-32-35-25)26(21)34-27-22(16-33-38(24)27)19-8-9-23(30-15-19)18-5-2-1-3-6-18/h1-3,5-6,8-9,15-17,20H,4,7,10-14,29H2,(H,31,32,35). The summed E-state index contributed by atoms with van der Waals surface area (Å²) < 4.78 is 1.75. The highest BCUT2D eigenvalue weighted by atomic mass is 16.2. The van der Waals surface area contributed by atoms with Crippen molar-refractivity contribution in [3.8, 4) is 22.4 Å². The summed E-state index contributed by atoms with van der Waals surface area (Å²) >= 11 is 0. The van der Waals surface area contributed by atoms with Crippen molar-refractivity contribution < 1.29 is 4.79 Å². The molecule has 7 rings (SSSR count). The minimum absolute atomic E-state index is 0.107. The van der Waals surface area contributed by atoms with E-state index in [9.17, 15) is 4.79 Å². The number of amides is 1. The van der Waals surface area contributed by atoms with Gasteiger partial charge in [-0.2, -0.15) is 14.7 Å². The second kappa shape index (κ2) is 9.50. The van der Waals surface area contributed by atoms with Crippen molar-refractivity contribution in [1.29, 1.82) is 0 Å². The molecule has 5 aromatic rings. The van der Waals surface area contributed by atoms with Crippen LogP contribution in [0.3, 0.4) is 0 Å². The van der Waals surface area contributed by atoms with E-state index < -0.39 is 0 Å². The number of anilines is 2. The van der Waals surface area contributed by atoms with Gasteiger partial charge >= 0.3 is 0 Å². The third-order valence-electron chi connectivity index (χ3n) is 7.81. The lowest BCUT2D eigenvalue weighted by molar-refractivity contribution is 0.0700. The van der Waals surface area contributed by atoms with E-state index in [4.69, 9.17) is 15.7 Å². The van der Waals surface area contributed by atoms with Crippen molar-refractivity contribution in [2.45, 2.75) is 31.7 Å². The Bertz CT molecular complexity index is 1620. The highest BCUT2D eigenvalue weighted by molar-refractivity contribution is 5.90. The van der Waals surface area contributed by atoms with Gasteiger partial charge in [0.25, 0.3) is 5.91 Å². The fraction of sp³-hybridized carbons (Fsp3) is 0.286. The van der Waals surface area contributed by atoms with Gasteiger partial charge < -0.3 is 15.5 Å². The van der Waals surface area contributed by atoms with E-state index >= 15 is 0 Å². The van der Waals surface area contributed by atoms with Crippen LogP contribution in [0.25, 0.3) is 28.0 Å². The number of carbonyl (C=O) groups is 1. The quantitative estimate of drug-likeness (QED) is 0.369. The van der Waals surface area contributed by atoms with Crippen molar-refractivity contribution in [3.63, 3.8) is 0 Å². The summed E-state index contributed by atoms with van der Waals surface area (Å²) in [6.07, 6.45) is 8.62. The Morgan fingerprint density at radius 2 is 1.82 bits per heavy atom. The average Bonchev–Trinajstić information content (AvgIpc) is 3.69. The van der Waals surface area contributed by atoms with Crippen LogP contribution < -0.4 is 10.6 Å². The first kappa shape index (κ1) is 23.3. The summed E-state index contributed by atoms with van der Waals surface area (Å²) in [7, 11) is 0. The van der Waals surface area contributed by atoms with Crippen LogP contribution >= 0.6 is 0 Å². The SMILES string of the molecule is Nc1c2c(nc3c(-c4ccc(-c5ccccc5)nc4)cnn13)N(C1CCN(C(=O)c3ncn[nH]3)CC1)CCC2. The molecule has 0 atom stereocenters. The molecule has 2 aliphatic heterocycles. The molecular weight excluding hydrogens is 492 g/mol. The number of aromatic amines is 1. The number of hydrogen-bond acceptors (Lipinski definition) is 8. The van der Waals surface area contributed by atoms with Crippen LogP contribution in [-0.2, 0) is 6.42 Å². The highest BCUT2D eigenvalue weighted by Gasteiger charge is 2.33. The lowest BCUT2D eigenvalue weighted by Crippen LogP contribution is -2.49. The maximum absolute atomic E-state index is 12.7. The number of fused-ring (bicyclic) bond motifs is 2. The van der Waals surface area contributed by atoms with Crippen LogP contribution in [0.5, 0.6) is 0 Å². The van der Waals surface area contributed by atoms with Gasteiger partial charge in [-0.3, -0.25) is 14.9 Å². The number of carbonyl (C=O) groups excluding carboxylic acids is 1. The summed E-state index contributed by atoms with van der Waals surface area (Å²) in [6, 6.07) is 14.5. The number of hydrogen-bond donors (Lipinski definition) is 2. The van der Waals surface area contributed by atoms with Crippen LogP contribution in [0.2, 0.25) is 0 Å². The predicted molar refractivity (Wildman–Crippen MR) is 147 cm³/mol. The zero-order chi connectivity index (χ0) is 26.3. The van der Waals surface area contributed by atoms with Gasteiger partial charge in [-0.05, 0) is 31.7 Å². The molecule has 4 aromatic heterocycles. The number of pyridine rings is 1. The summed E-state index contributed by atoms with van der Waals surface area (Å²) in [4.78, 5) is 30.8. The van der Waals surface area contributed by atoms with E-state index in [1.807, 2.05) is 41.6 Å². The van der Waals surface area contributed by atoms with Gasteiger partial charge in [0, 0.05) is 54.1 Å². The molecule has 11 nitrogen and oxygen atoms in total. The maximum Gasteiger partial charge on any atom is 0.291 e. The lowest BCUT2D eigenvalue weighted by Gasteiger charge is -2.41. The highest BCUT2D eigenvalue weighted by Crippen LogP contribution is 2.36. The fourth-order valence-electron chi connectivity index (χ4n) is 5.78. The first-order valence-electron chi connectivity index (χ1n) is 13.3. The molecule has 0 aliphatic carbocycles. The molecule has 1 amide bonds. The van der Waals surface area contributed by atoms with Crippen molar-refractivity contribution in [2.75, 3.05) is 30.3 Å². The van der Waals surface area contributed by atoms with E-state index in [1.54, 1.807) is 4.52 Å². The summed E-state index contributed by atoms with van der Waals surface area (Å²) in [5.41, 5.74) is 12.3. The van der Waals surface area contributed by atoms with Gasteiger partial charge in [0.15, 0.2) is 5.65 Å². The van der Waals surface area contributed by atoms with Crippen LogP contribution in [0.4, 0.5) is 11.6 Å². The van der Waals surface area contributed by atoms with Crippen molar-refractivity contribution in [1.82, 2.24) is 39.7 Å². The molecule has 1 aromatic carbocycles. The third-order valence-corrected chi connectivity index (χ3v) is 7.81. The largest absolute Gasteiger partial charge is 0.383 e. The number of benzene rings is 1. The first-order chi connectivity index (χ1) is 19.2. The molecule has 1 saturated heterocycles. The summed E-state index contributed by atoms with van der Waals surface area (Å²) in [5, 5.41) is 11.1. The topological polar surface area (TPSA) is 134 Å². The molecule has 3 N–H and O–H groups in total. The first-order valence-corrected chi connectivity index (χ1v) is 13.3. The van der Waals surface area contributed by atoms with Crippen LogP contribution in [0.15, 0.2) is 61.2 Å². The number of likely N-dealkylation sites (tertiary alicyclic amines) is 1. The molecule has 2 aliphatic rings. The number of aromatic nitrogens is 7. The number of nitrogens with zero attached hydrogens (tertiary/aromatic N) is 8. The van der Waals surface area contributed by atoms with E-state index in [2.05, 4.69) is 43.4 Å². The number of nitrogens with one attached hydrogen (secondary N) is 1. The van der Waals surface area contributed by atoms with Gasteiger partial charge in [-0.15, -0.1) is 0 Å². The van der Waals surface area contributed by atoms with Gasteiger partial charge in [0.2, 0.25) is 5.82 Å². The number of rotatable bonds is 4. The van der Waals surface area contributed by atoms with E-state index in [0.29, 0.717) is 18.9 Å². The second-order valence-corrected chi connectivity index (χ2v) is 10.0. The molecule has 1 fully saturated rings. The average molecular weight is 521 g/mol. The lowest BCUT2D eigenvalue weighted by atomic mass is 9.98. The Hall–Kier alpha value is -4.80. The van der Waals surface area contributed by atoms with Crippen LogP contribution in [-0.4, -0.2) is 71.2 Å². The zero-order valence-electron chi connectivity index (χ0n) is 21.4. The number of nitrogens with two attached hydrogens (primary N) is 1. The molecule has 6 heterocycles. The molecule has 0 bridgehead atoms. The Kier molecular flexibility index (Phi) is 5.68. The fourth-order valence-corrected chi connectivity index (χ4v) is 5.78. The van der Waals surface area contributed by atoms with Gasteiger partial charge in [0.05, 0.1) is 11.9 Å². The Morgan fingerprint density at radius 3 is 2.56 bits per heavy atom. The van der Waals surface area contributed by atoms with Gasteiger partial charge in [-0.1, -0.05) is 36.4 Å². The third kappa shape index (κ3) is 4.06. The van der Waals surface area contributed by atoms with Crippen molar-refractivity contribution in [3.05, 3.63) is 72.6 Å². The Labute approximate surface area is 224 Å². The second-order valence-electron chi connectivity index (χ2n) is 10.0. The van der Waals surface area contributed by atoms with Crippen molar-refractivity contribution >= 4 is 23.2 Å². The maximum atomic E-state index is 12.7. The number of piperidine rings is 1. The summed E-state index contributed by atoms with van der Waals surface area (Å²) in [6.45, 7) is 2.23. The normalized spacial score (nSPS) is 16.0. The molecular formula is C28H28N10O. The minimum atomic E-state index is -0.107. The van der Waals surface area contributed by atoms with Gasteiger partial charge in [-0.25, -0.2) is 9.97 Å². The van der Waals surface area contributed by atoms with Crippen molar-refractivity contribution in [2.24, 2.45) is 0 Å². The van der Waals surface area contributed by atoms with E-state index in [1.165, 1.54) is 6.33 Å². The summed E-state index contributed by atoms with van der Waals surface area (Å²) in [5.74, 6) is 1.75. The Balaban J connectivity index is 1.18. The smallest absolute Gasteiger partial charge is 0.291 e. The van der Waals surface area contributed by atoms with Crippen LogP contribution in [0.1, 0.15) is 35.4 Å². The number of nitrogen functional groups attached to an aromatic ring is 1. The zero-order valence-corrected chi connectivity index (χ0v) is 21.4. The molecule has 0 saturated carbocycles. The Morgan fingerprint density at radius 1 is 0.974 bits per heavy atom. The molecule has 11 heteroatoms. The van der Waals surface area contributed by atoms with Crippen LogP contribution in [0, 0.1) is 0 Å². The number of H-pyrrole nitrogens is 1. The molecule has 196 valence electrons. The predicted octanol–water partition coefficient (Wildman–Crippen LogP) is 3.22. The molecule has 39 heavy (non-hydrogen) atoms. The molecule has 0 radical (unpaired) electrons. The van der Waals surface area contributed by atoms with Gasteiger partial charge in [0.1, 0.15) is 18.0 Å². The monoisotopic (exact) mass is 520 g/mol. The molecule has 0 spiro atoms. The van der Waals surface area contributed by atoms with E-state index in [0.717, 1.165) is 71.6 Å². The minimum Gasteiger partial charge on any atom is -0.383 e. The molecule has 0 unspecified atom stereocenters. The van der Waals surface area contributed by atoms with E-state index in [-0.39, 0.29) is 17.8 Å².